The predicted octanol–water partition coefficient (Wildman–Crippen LogP) is 3.03. The summed E-state index contributed by atoms with van der Waals surface area (Å²) >= 11 is 0. The Kier molecular flexibility index (Phi) is 6.03. The maximum Gasteiger partial charge on any atom is 0.270 e. The highest BCUT2D eigenvalue weighted by molar-refractivity contribution is 5.95. The summed E-state index contributed by atoms with van der Waals surface area (Å²) in [7, 11) is 3.21. The van der Waals surface area contributed by atoms with Crippen LogP contribution in [0, 0.1) is 6.92 Å². The number of aromatic nitrogens is 2. The van der Waals surface area contributed by atoms with Gasteiger partial charge < -0.3 is 19.5 Å². The normalized spacial score (nSPS) is 10.7. The third kappa shape index (κ3) is 3.88. The number of hydrogen-bond acceptors (Lipinski definition) is 5. The predicted molar refractivity (Wildman–Crippen MR) is 107 cm³/mol. The maximum absolute atomic E-state index is 12.8. The van der Waals surface area contributed by atoms with Crippen LogP contribution in [0.15, 0.2) is 36.5 Å². The van der Waals surface area contributed by atoms with Crippen molar-refractivity contribution < 1.29 is 19.0 Å². The van der Waals surface area contributed by atoms with Crippen molar-refractivity contribution in [1.29, 1.82) is 0 Å². The number of hydrogen-bond donors (Lipinski definition) is 1. The summed E-state index contributed by atoms with van der Waals surface area (Å²) < 4.78 is 18.0. The highest BCUT2D eigenvalue weighted by Crippen LogP contribution is 2.27. The van der Waals surface area contributed by atoms with Gasteiger partial charge in [0.2, 0.25) is 0 Å². The Hall–Kier alpha value is -3.22. The Morgan fingerprint density at radius 2 is 1.93 bits per heavy atom. The van der Waals surface area contributed by atoms with Crippen molar-refractivity contribution in [2.45, 2.75) is 20.3 Å². The molecule has 0 aliphatic carbocycles. The number of carbonyl (C=O) groups is 1. The van der Waals surface area contributed by atoms with Crippen molar-refractivity contribution in [1.82, 2.24) is 14.7 Å². The zero-order valence-corrected chi connectivity index (χ0v) is 16.6. The van der Waals surface area contributed by atoms with E-state index in [1.807, 2.05) is 50.4 Å². The van der Waals surface area contributed by atoms with Crippen molar-refractivity contribution in [3.05, 3.63) is 53.5 Å². The SMILES string of the molecule is CCOc1cccn2c(C(=O)NCCc3ccc(OC)c(OC)c3)c(C)nc12. The molecule has 0 aliphatic rings. The molecule has 7 heteroatoms. The molecule has 2 aromatic heterocycles. The van der Waals surface area contributed by atoms with E-state index in [9.17, 15) is 4.79 Å². The second-order valence-electron chi connectivity index (χ2n) is 6.24. The average Bonchev–Trinajstić information content (AvgIpc) is 3.05. The Morgan fingerprint density at radius 1 is 1.14 bits per heavy atom. The Labute approximate surface area is 164 Å². The number of methoxy groups -OCH3 is 2. The van der Waals surface area contributed by atoms with Crippen LogP contribution in [0.2, 0.25) is 0 Å². The van der Waals surface area contributed by atoms with Gasteiger partial charge in [0.25, 0.3) is 5.91 Å². The summed E-state index contributed by atoms with van der Waals surface area (Å²) in [5.74, 6) is 1.85. The van der Waals surface area contributed by atoms with Gasteiger partial charge in [0.05, 0.1) is 26.5 Å². The van der Waals surface area contributed by atoms with Crippen molar-refractivity contribution in [2.24, 2.45) is 0 Å². The lowest BCUT2D eigenvalue weighted by atomic mass is 10.1. The van der Waals surface area contributed by atoms with E-state index in [-0.39, 0.29) is 5.91 Å². The molecule has 1 amide bonds. The maximum atomic E-state index is 12.8. The highest BCUT2D eigenvalue weighted by atomic mass is 16.5. The zero-order chi connectivity index (χ0) is 20.1. The first-order valence-corrected chi connectivity index (χ1v) is 9.18. The molecule has 0 radical (unpaired) electrons. The molecule has 0 saturated heterocycles. The largest absolute Gasteiger partial charge is 0.493 e. The fourth-order valence-corrected chi connectivity index (χ4v) is 3.14. The van der Waals surface area contributed by atoms with Crippen LogP contribution in [-0.2, 0) is 6.42 Å². The molecule has 0 saturated carbocycles. The number of nitrogens with zero attached hydrogens (tertiary/aromatic N) is 2. The van der Waals surface area contributed by atoms with E-state index in [1.165, 1.54) is 0 Å². The Bertz CT molecular complexity index is 981. The van der Waals surface area contributed by atoms with Gasteiger partial charge in [-0.05, 0) is 50.1 Å². The number of aryl methyl sites for hydroxylation is 1. The number of rotatable bonds is 8. The highest BCUT2D eigenvalue weighted by Gasteiger charge is 2.18. The number of amides is 1. The van der Waals surface area contributed by atoms with Crippen molar-refractivity contribution in [2.75, 3.05) is 27.4 Å². The number of ether oxygens (including phenoxy) is 3. The summed E-state index contributed by atoms with van der Waals surface area (Å²) in [4.78, 5) is 17.3. The molecule has 0 unspecified atom stereocenters. The number of pyridine rings is 1. The second-order valence-corrected chi connectivity index (χ2v) is 6.24. The van der Waals surface area contributed by atoms with Gasteiger partial charge in [-0.1, -0.05) is 6.07 Å². The third-order valence-electron chi connectivity index (χ3n) is 4.45. The molecule has 3 rings (SSSR count). The number of fused-ring (bicyclic) bond motifs is 1. The molecule has 0 fully saturated rings. The number of nitrogens with one attached hydrogen (secondary N) is 1. The number of imidazole rings is 1. The Balaban J connectivity index is 1.72. The molecule has 1 aromatic carbocycles. The molecular formula is C21H25N3O4. The molecule has 148 valence electrons. The van der Waals surface area contributed by atoms with E-state index in [4.69, 9.17) is 14.2 Å². The minimum atomic E-state index is -0.167. The van der Waals surface area contributed by atoms with Crippen LogP contribution in [0.5, 0.6) is 17.2 Å². The van der Waals surface area contributed by atoms with Crippen LogP contribution in [0.3, 0.4) is 0 Å². The quantitative estimate of drug-likeness (QED) is 0.647. The lowest BCUT2D eigenvalue weighted by Gasteiger charge is -2.10. The minimum Gasteiger partial charge on any atom is -0.493 e. The molecular weight excluding hydrogens is 358 g/mol. The number of carbonyl (C=O) groups excluding carboxylic acids is 1. The van der Waals surface area contributed by atoms with E-state index in [0.717, 1.165) is 5.56 Å². The molecule has 0 spiro atoms. The molecule has 3 aromatic rings. The average molecular weight is 383 g/mol. The van der Waals surface area contributed by atoms with Gasteiger partial charge in [0.1, 0.15) is 5.69 Å². The van der Waals surface area contributed by atoms with Crippen molar-refractivity contribution >= 4 is 11.6 Å². The first-order chi connectivity index (χ1) is 13.6. The van der Waals surface area contributed by atoms with Gasteiger partial charge in [-0.3, -0.25) is 9.20 Å². The van der Waals surface area contributed by atoms with Gasteiger partial charge in [-0.25, -0.2) is 4.98 Å². The smallest absolute Gasteiger partial charge is 0.270 e. The lowest BCUT2D eigenvalue weighted by molar-refractivity contribution is 0.0947. The molecule has 0 aliphatic heterocycles. The molecule has 0 atom stereocenters. The van der Waals surface area contributed by atoms with Gasteiger partial charge in [-0.15, -0.1) is 0 Å². The fourth-order valence-electron chi connectivity index (χ4n) is 3.14. The van der Waals surface area contributed by atoms with E-state index < -0.39 is 0 Å². The zero-order valence-electron chi connectivity index (χ0n) is 16.6. The van der Waals surface area contributed by atoms with E-state index in [2.05, 4.69) is 10.3 Å². The minimum absolute atomic E-state index is 0.167. The van der Waals surface area contributed by atoms with Crippen LogP contribution in [0.4, 0.5) is 0 Å². The second kappa shape index (κ2) is 8.65. The summed E-state index contributed by atoms with van der Waals surface area (Å²) in [5, 5.41) is 2.97. The third-order valence-corrected chi connectivity index (χ3v) is 4.45. The molecule has 1 N–H and O–H groups in total. The summed E-state index contributed by atoms with van der Waals surface area (Å²) in [6.45, 7) is 4.78. The molecule has 0 bridgehead atoms. The van der Waals surface area contributed by atoms with Gasteiger partial charge in [-0.2, -0.15) is 0 Å². The van der Waals surface area contributed by atoms with E-state index >= 15 is 0 Å². The van der Waals surface area contributed by atoms with Gasteiger partial charge >= 0.3 is 0 Å². The Morgan fingerprint density at radius 3 is 2.64 bits per heavy atom. The van der Waals surface area contributed by atoms with Crippen molar-refractivity contribution in [3.8, 4) is 17.2 Å². The number of benzene rings is 1. The molecule has 2 heterocycles. The van der Waals surface area contributed by atoms with E-state index in [1.54, 1.807) is 18.6 Å². The van der Waals surface area contributed by atoms with Gasteiger partial charge in [0, 0.05) is 12.7 Å². The van der Waals surface area contributed by atoms with Crippen LogP contribution in [0.1, 0.15) is 28.7 Å². The molecule has 28 heavy (non-hydrogen) atoms. The first kappa shape index (κ1) is 19.5. The van der Waals surface area contributed by atoms with Gasteiger partial charge in [0.15, 0.2) is 22.9 Å². The fraction of sp³-hybridized carbons (Fsp3) is 0.333. The standard InChI is InChI=1S/C21H25N3O4/c1-5-28-17-7-6-12-24-19(14(2)23-20(17)24)21(25)22-11-10-15-8-9-16(26-3)18(13-15)27-4/h6-9,12-13H,5,10-11H2,1-4H3,(H,22,25). The summed E-state index contributed by atoms with van der Waals surface area (Å²) in [6.07, 6.45) is 2.49. The molecule has 7 nitrogen and oxygen atoms in total. The summed E-state index contributed by atoms with van der Waals surface area (Å²) in [5.41, 5.74) is 2.87. The van der Waals surface area contributed by atoms with Crippen LogP contribution in [-0.4, -0.2) is 42.7 Å². The first-order valence-electron chi connectivity index (χ1n) is 9.18. The lowest BCUT2D eigenvalue weighted by Crippen LogP contribution is -2.27. The van der Waals surface area contributed by atoms with Crippen LogP contribution in [0.25, 0.3) is 5.65 Å². The summed E-state index contributed by atoms with van der Waals surface area (Å²) in [6, 6.07) is 9.43. The monoisotopic (exact) mass is 383 g/mol. The van der Waals surface area contributed by atoms with Crippen LogP contribution >= 0.6 is 0 Å². The van der Waals surface area contributed by atoms with Crippen molar-refractivity contribution in [3.63, 3.8) is 0 Å². The van der Waals surface area contributed by atoms with E-state index in [0.29, 0.717) is 53.9 Å². The topological polar surface area (TPSA) is 74.1 Å². The van der Waals surface area contributed by atoms with Crippen LogP contribution < -0.4 is 19.5 Å².